The molecule has 0 saturated carbocycles. The van der Waals surface area contributed by atoms with Gasteiger partial charge < -0.3 is 19.5 Å². The van der Waals surface area contributed by atoms with Crippen LogP contribution in [0.25, 0.3) is 0 Å². The van der Waals surface area contributed by atoms with Gasteiger partial charge in [-0.25, -0.2) is 18.1 Å². The number of aromatic nitrogens is 1. The van der Waals surface area contributed by atoms with E-state index in [-0.39, 0.29) is 34.7 Å². The van der Waals surface area contributed by atoms with Gasteiger partial charge in [0.15, 0.2) is 0 Å². The van der Waals surface area contributed by atoms with Crippen LogP contribution < -0.4 is 19.5 Å². The van der Waals surface area contributed by atoms with Gasteiger partial charge >= 0.3 is 0 Å². The molecule has 1 aromatic heterocycles. The highest BCUT2D eigenvalue weighted by Gasteiger charge is 2.23. The summed E-state index contributed by atoms with van der Waals surface area (Å²) in [6, 6.07) is 7.14. The molecule has 2 N–H and O–H groups in total. The zero-order valence-electron chi connectivity index (χ0n) is 16.8. The van der Waals surface area contributed by atoms with Gasteiger partial charge in [0, 0.05) is 24.9 Å². The molecule has 2 aromatic rings. The summed E-state index contributed by atoms with van der Waals surface area (Å²) in [5.74, 6) is -0.140. The van der Waals surface area contributed by atoms with Crippen molar-refractivity contribution in [1.29, 1.82) is 0 Å². The number of benzene rings is 1. The van der Waals surface area contributed by atoms with E-state index in [4.69, 9.17) is 14.2 Å². The average Bonchev–Trinajstić information content (AvgIpc) is 2.68. The number of carbonyl (C=O) groups excluding carboxylic acids is 1. The highest BCUT2D eigenvalue weighted by Crippen LogP contribution is 2.26. The lowest BCUT2D eigenvalue weighted by Gasteiger charge is -2.15. The summed E-state index contributed by atoms with van der Waals surface area (Å²) in [7, 11) is -0.947. The van der Waals surface area contributed by atoms with Gasteiger partial charge in [0.25, 0.3) is 5.91 Å². The number of pyridine rings is 1. The van der Waals surface area contributed by atoms with E-state index in [1.165, 1.54) is 31.5 Å². The van der Waals surface area contributed by atoms with E-state index in [9.17, 15) is 13.2 Å². The molecular weight excluding hydrogens is 398 g/mol. The summed E-state index contributed by atoms with van der Waals surface area (Å²) >= 11 is 0. The lowest BCUT2D eigenvalue weighted by atomic mass is 10.2. The van der Waals surface area contributed by atoms with Gasteiger partial charge in [-0.1, -0.05) is 0 Å². The Morgan fingerprint density at radius 3 is 2.59 bits per heavy atom. The fraction of sp³-hybridized carbons (Fsp3) is 0.368. The number of sulfonamides is 1. The molecule has 0 bridgehead atoms. The second-order valence-electron chi connectivity index (χ2n) is 6.29. The zero-order valence-corrected chi connectivity index (χ0v) is 17.6. The number of nitrogens with zero attached hydrogens (tertiary/aromatic N) is 1. The highest BCUT2D eigenvalue weighted by molar-refractivity contribution is 7.89. The molecule has 0 aliphatic carbocycles. The summed E-state index contributed by atoms with van der Waals surface area (Å²) in [4.78, 5) is 16.7. The van der Waals surface area contributed by atoms with Gasteiger partial charge in [-0.05, 0) is 44.2 Å². The minimum absolute atomic E-state index is 0.121. The maximum Gasteiger partial charge on any atom is 0.255 e. The summed E-state index contributed by atoms with van der Waals surface area (Å²) in [6.45, 7) is 4.04. The molecule has 0 saturated heterocycles. The van der Waals surface area contributed by atoms with E-state index in [0.717, 1.165) is 0 Å². The normalized spacial score (nSPS) is 11.3. The predicted molar refractivity (Wildman–Crippen MR) is 108 cm³/mol. The van der Waals surface area contributed by atoms with E-state index >= 15 is 0 Å². The van der Waals surface area contributed by atoms with Gasteiger partial charge in [0.05, 0.1) is 13.7 Å². The monoisotopic (exact) mass is 423 g/mol. The maximum absolute atomic E-state index is 12.7. The fourth-order valence-corrected chi connectivity index (χ4v) is 3.86. The minimum atomic E-state index is -3.86. The van der Waals surface area contributed by atoms with Gasteiger partial charge in [-0.2, -0.15) is 0 Å². The van der Waals surface area contributed by atoms with Crippen molar-refractivity contribution < 1.29 is 27.4 Å². The molecule has 0 fully saturated rings. The number of hydrogen-bond acceptors (Lipinski definition) is 7. The third-order valence-corrected chi connectivity index (χ3v) is 5.33. The van der Waals surface area contributed by atoms with Crippen molar-refractivity contribution in [3.63, 3.8) is 0 Å². The number of carbonyl (C=O) groups is 1. The number of methoxy groups -OCH3 is 2. The van der Waals surface area contributed by atoms with Gasteiger partial charge in [0.2, 0.25) is 15.9 Å². The molecule has 0 radical (unpaired) electrons. The smallest absolute Gasteiger partial charge is 0.255 e. The van der Waals surface area contributed by atoms with Crippen molar-refractivity contribution in [3.8, 4) is 11.6 Å². The fourth-order valence-electron chi connectivity index (χ4n) is 2.42. The van der Waals surface area contributed by atoms with E-state index in [1.54, 1.807) is 33.1 Å². The molecule has 29 heavy (non-hydrogen) atoms. The molecule has 10 heteroatoms. The molecule has 0 aliphatic heterocycles. The molecular formula is C19H25N3O6S. The Labute approximate surface area is 170 Å². The van der Waals surface area contributed by atoms with Crippen LogP contribution in [-0.2, 0) is 14.8 Å². The van der Waals surface area contributed by atoms with Crippen LogP contribution in [0.15, 0.2) is 41.4 Å². The van der Waals surface area contributed by atoms with Crippen LogP contribution in [0.3, 0.4) is 0 Å². The van der Waals surface area contributed by atoms with Gasteiger partial charge in [-0.15, -0.1) is 0 Å². The number of amides is 1. The second-order valence-corrected chi connectivity index (χ2v) is 7.98. The Hall–Kier alpha value is -2.69. The standard InChI is InChI=1S/C19H25N3O6S/c1-13(2)22-29(24,25)17-12-14(7-8-16(17)27-4)18(23)21-15-6-5-9-20-19(15)28-11-10-26-3/h5-9,12-13,22H,10-11H2,1-4H3,(H,21,23). The Morgan fingerprint density at radius 1 is 1.17 bits per heavy atom. The van der Waals surface area contributed by atoms with Crippen LogP contribution in [-0.4, -0.2) is 52.8 Å². The Balaban J connectivity index is 2.30. The summed E-state index contributed by atoms with van der Waals surface area (Å²) in [5.41, 5.74) is 0.496. The highest BCUT2D eigenvalue weighted by atomic mass is 32.2. The van der Waals surface area contributed by atoms with E-state index in [0.29, 0.717) is 12.3 Å². The Morgan fingerprint density at radius 2 is 1.93 bits per heavy atom. The minimum Gasteiger partial charge on any atom is -0.495 e. The summed E-state index contributed by atoms with van der Waals surface area (Å²) in [5, 5.41) is 2.69. The van der Waals surface area contributed by atoms with Crippen LogP contribution >= 0.6 is 0 Å². The van der Waals surface area contributed by atoms with Crippen molar-refractivity contribution >= 4 is 21.6 Å². The van der Waals surface area contributed by atoms with Crippen molar-refractivity contribution in [2.45, 2.75) is 24.8 Å². The van der Waals surface area contributed by atoms with E-state index < -0.39 is 15.9 Å². The van der Waals surface area contributed by atoms with Gasteiger partial charge in [-0.3, -0.25) is 4.79 Å². The van der Waals surface area contributed by atoms with Crippen molar-refractivity contribution in [3.05, 3.63) is 42.1 Å². The molecule has 0 atom stereocenters. The zero-order chi connectivity index (χ0) is 21.4. The number of ether oxygens (including phenoxy) is 3. The predicted octanol–water partition coefficient (Wildman–Crippen LogP) is 2.05. The first kappa shape index (κ1) is 22.6. The second kappa shape index (κ2) is 10.2. The van der Waals surface area contributed by atoms with Crippen LogP contribution in [0.1, 0.15) is 24.2 Å². The van der Waals surface area contributed by atoms with Crippen LogP contribution in [0.2, 0.25) is 0 Å². The maximum atomic E-state index is 12.7. The van der Waals surface area contributed by atoms with Crippen LogP contribution in [0.4, 0.5) is 5.69 Å². The third kappa shape index (κ3) is 6.14. The summed E-state index contributed by atoms with van der Waals surface area (Å²) in [6.07, 6.45) is 1.54. The van der Waals surface area contributed by atoms with Crippen molar-refractivity contribution in [2.75, 3.05) is 32.8 Å². The van der Waals surface area contributed by atoms with Crippen molar-refractivity contribution in [2.24, 2.45) is 0 Å². The number of nitrogens with one attached hydrogen (secondary N) is 2. The SMILES string of the molecule is COCCOc1ncccc1NC(=O)c1ccc(OC)c(S(=O)(=O)NC(C)C)c1. The first-order valence-electron chi connectivity index (χ1n) is 8.87. The Kier molecular flexibility index (Phi) is 7.94. The van der Waals surface area contributed by atoms with E-state index in [2.05, 4.69) is 15.0 Å². The molecule has 0 unspecified atom stereocenters. The van der Waals surface area contributed by atoms with Crippen LogP contribution in [0.5, 0.6) is 11.6 Å². The van der Waals surface area contributed by atoms with Gasteiger partial charge in [0.1, 0.15) is 22.9 Å². The largest absolute Gasteiger partial charge is 0.495 e. The molecule has 1 heterocycles. The lowest BCUT2D eigenvalue weighted by molar-refractivity contribution is 0.102. The first-order chi connectivity index (χ1) is 13.8. The number of rotatable bonds is 10. The lowest BCUT2D eigenvalue weighted by Crippen LogP contribution is -2.30. The molecule has 1 aromatic carbocycles. The first-order valence-corrected chi connectivity index (χ1v) is 10.3. The number of hydrogen-bond donors (Lipinski definition) is 2. The molecule has 9 nitrogen and oxygen atoms in total. The molecule has 1 amide bonds. The third-order valence-electron chi connectivity index (χ3n) is 3.65. The average molecular weight is 423 g/mol. The van der Waals surface area contributed by atoms with Crippen molar-refractivity contribution in [1.82, 2.24) is 9.71 Å². The van der Waals surface area contributed by atoms with Crippen LogP contribution in [0, 0.1) is 0 Å². The number of anilines is 1. The molecule has 158 valence electrons. The molecule has 2 rings (SSSR count). The Bertz CT molecular complexity index is 947. The summed E-state index contributed by atoms with van der Waals surface area (Å²) < 4.78 is 43.2. The quantitative estimate of drug-likeness (QED) is 0.562. The topological polar surface area (TPSA) is 116 Å². The van der Waals surface area contributed by atoms with E-state index in [1.807, 2.05) is 0 Å². The molecule has 0 aliphatic rings. The molecule has 0 spiro atoms.